The van der Waals surface area contributed by atoms with Crippen molar-refractivity contribution >= 4 is 22.1 Å². The van der Waals surface area contributed by atoms with Gasteiger partial charge in [0.15, 0.2) is 0 Å². The molecule has 0 amide bonds. The van der Waals surface area contributed by atoms with Crippen molar-refractivity contribution in [1.82, 2.24) is 0 Å². The van der Waals surface area contributed by atoms with Gasteiger partial charge in [0, 0.05) is 6.92 Å². The van der Waals surface area contributed by atoms with Gasteiger partial charge in [0.1, 0.15) is 0 Å². The number of carbonyl (C=O) groups is 2. The molecule has 1 rings (SSSR count). The Morgan fingerprint density at radius 3 is 2.05 bits per heavy atom. The normalized spacial score (nSPS) is 11.4. The van der Waals surface area contributed by atoms with E-state index in [1.165, 1.54) is 0 Å². The summed E-state index contributed by atoms with van der Waals surface area (Å²) >= 11 is 0. The van der Waals surface area contributed by atoms with Crippen LogP contribution in [0.25, 0.3) is 0 Å². The van der Waals surface area contributed by atoms with Gasteiger partial charge >= 0.3 is 47.5 Å². The molecule has 11 heteroatoms. The molecule has 9 nitrogen and oxygen atoms in total. The zero-order valence-electron chi connectivity index (χ0n) is 12.0. The number of benzene rings is 1. The summed E-state index contributed by atoms with van der Waals surface area (Å²) < 4.78 is 35.0. The second-order valence-corrected chi connectivity index (χ2v) is 5.27. The molecule has 1 aromatic rings. The van der Waals surface area contributed by atoms with Gasteiger partial charge in [-0.05, 0) is 18.2 Å². The summed E-state index contributed by atoms with van der Waals surface area (Å²) in [5.74, 6) is -5.76. The molecular weight excluding hydrogens is 319 g/mol. The van der Waals surface area contributed by atoms with Gasteiger partial charge in [-0.25, -0.2) is 9.59 Å². The molecule has 0 fully saturated rings. The topological polar surface area (TPSA) is 158 Å². The smallest absolute Gasteiger partial charge is 1.00 e. The number of hydrogen-bond acceptors (Lipinski definition) is 7. The van der Waals surface area contributed by atoms with Crippen LogP contribution in [0.5, 0.6) is 0 Å². The van der Waals surface area contributed by atoms with Crippen LogP contribution in [0.4, 0.5) is 0 Å². The Balaban J connectivity index is 0. The predicted molar refractivity (Wildman–Crippen MR) is 62.6 cm³/mol. The van der Waals surface area contributed by atoms with Gasteiger partial charge in [-0.2, -0.15) is 8.42 Å². The molecule has 0 unspecified atom stereocenters. The molecule has 0 aliphatic rings. The Morgan fingerprint density at radius 1 is 1.19 bits per heavy atom. The average Bonchev–Trinajstić information content (AvgIpc) is 2.24. The molecule has 112 valence electrons. The third-order valence-electron chi connectivity index (χ3n) is 1.97. The fraction of sp³-hybridized carbons (Fsp3) is 0.200. The van der Waals surface area contributed by atoms with E-state index in [2.05, 4.69) is 4.74 Å². The van der Waals surface area contributed by atoms with Crippen LogP contribution >= 0.6 is 0 Å². The van der Waals surface area contributed by atoms with Crippen molar-refractivity contribution in [2.24, 2.45) is 0 Å². The molecule has 4 N–H and O–H groups in total. The van der Waals surface area contributed by atoms with Crippen molar-refractivity contribution < 1.29 is 73.6 Å². The van der Waals surface area contributed by atoms with Crippen molar-refractivity contribution in [1.29, 1.82) is 0 Å². The van der Waals surface area contributed by atoms with Gasteiger partial charge in [0.05, 0.1) is 16.0 Å². The van der Waals surface area contributed by atoms with E-state index < -0.39 is 44.1 Å². The molecule has 0 heterocycles. The van der Waals surface area contributed by atoms with Crippen molar-refractivity contribution in [2.75, 3.05) is 0 Å². The molecule has 0 aliphatic carbocycles. The van der Waals surface area contributed by atoms with Gasteiger partial charge < -0.3 is 21.5 Å². The summed E-state index contributed by atoms with van der Waals surface area (Å²) in [5, 5.41) is 26.6. The fourth-order valence-corrected chi connectivity index (χ4v) is 1.78. The first-order chi connectivity index (χ1) is 8.90. The van der Waals surface area contributed by atoms with Gasteiger partial charge in [-0.15, -0.1) is 0 Å². The molecule has 0 aliphatic heterocycles. The Morgan fingerprint density at radius 2 is 1.67 bits per heavy atom. The van der Waals surface area contributed by atoms with Crippen LogP contribution in [0.2, 0.25) is 0 Å². The maximum absolute atomic E-state index is 11.5. The van der Waals surface area contributed by atoms with Crippen molar-refractivity contribution in [2.45, 2.75) is 17.8 Å². The standard InChI is InChI=1S/C10H10O9S.Na.H/c1-10(14,15)19-9(13)6-2-5(8(11)12)3-7(4-6)20(16,17)18;;/h2-4,14-15H,1H3,(H,11,12)(H,16,17,18);;/q;+1;-1. The first kappa shape index (κ1) is 20.0. The van der Waals surface area contributed by atoms with E-state index >= 15 is 0 Å². The van der Waals surface area contributed by atoms with Crippen LogP contribution in [0.1, 0.15) is 29.1 Å². The molecule has 0 spiro atoms. The number of rotatable bonds is 4. The Bertz CT molecular complexity index is 665. The molecule has 0 atom stereocenters. The second-order valence-electron chi connectivity index (χ2n) is 3.85. The molecule has 0 aromatic heterocycles. The number of hydrogen-bond donors (Lipinski definition) is 4. The zero-order chi connectivity index (χ0) is 15.7. The summed E-state index contributed by atoms with van der Waals surface area (Å²) in [6, 6.07) is 2.02. The number of carboxylic acid groups (broad SMARTS) is 1. The predicted octanol–water partition coefficient (Wildman–Crippen LogP) is -3.44. The van der Waals surface area contributed by atoms with Crippen LogP contribution in [0.15, 0.2) is 23.1 Å². The van der Waals surface area contributed by atoms with Crippen molar-refractivity contribution in [3.8, 4) is 0 Å². The minimum Gasteiger partial charge on any atom is -1.00 e. The van der Waals surface area contributed by atoms with E-state index in [1.807, 2.05) is 0 Å². The first-order valence-corrected chi connectivity index (χ1v) is 6.38. The molecule has 0 saturated carbocycles. The van der Waals surface area contributed by atoms with Gasteiger partial charge in [0.25, 0.3) is 10.1 Å². The minimum absolute atomic E-state index is 0. The number of ether oxygens (including phenoxy) is 1. The van der Waals surface area contributed by atoms with Crippen LogP contribution in [-0.4, -0.2) is 46.2 Å². The molecule has 0 radical (unpaired) electrons. The average molecular weight is 330 g/mol. The molecule has 0 bridgehead atoms. The monoisotopic (exact) mass is 330 g/mol. The Kier molecular flexibility index (Phi) is 6.50. The van der Waals surface area contributed by atoms with E-state index in [4.69, 9.17) is 19.9 Å². The van der Waals surface area contributed by atoms with Gasteiger partial charge in [-0.1, -0.05) is 0 Å². The zero-order valence-corrected chi connectivity index (χ0v) is 13.8. The molecule has 21 heavy (non-hydrogen) atoms. The number of esters is 1. The minimum atomic E-state index is -4.75. The maximum atomic E-state index is 11.5. The van der Waals surface area contributed by atoms with Crippen LogP contribution in [-0.2, 0) is 14.9 Å². The SMILES string of the molecule is CC(O)(O)OC(=O)c1cc(C(=O)O)cc(S(=O)(=O)O)c1.[H-].[Na+]. The van der Waals surface area contributed by atoms with Crippen molar-refractivity contribution in [3.63, 3.8) is 0 Å². The molecular formula is C10H11NaO9S. The second kappa shape index (κ2) is 6.83. The third-order valence-corrected chi connectivity index (χ3v) is 2.80. The third kappa shape index (κ3) is 6.09. The van der Waals surface area contributed by atoms with Gasteiger partial charge in [-0.3, -0.25) is 4.55 Å². The summed E-state index contributed by atoms with van der Waals surface area (Å²) in [6.07, 6.45) is 0. The molecule has 1 aromatic carbocycles. The van der Waals surface area contributed by atoms with Crippen LogP contribution < -0.4 is 29.6 Å². The number of carboxylic acids is 1. The molecule has 0 saturated heterocycles. The van der Waals surface area contributed by atoms with E-state index in [9.17, 15) is 18.0 Å². The largest absolute Gasteiger partial charge is 1.00 e. The van der Waals surface area contributed by atoms with E-state index in [1.54, 1.807) is 0 Å². The van der Waals surface area contributed by atoms with Crippen LogP contribution in [0.3, 0.4) is 0 Å². The number of aromatic carboxylic acids is 1. The summed E-state index contributed by atoms with van der Waals surface area (Å²) in [4.78, 5) is 21.5. The Labute approximate surface area is 142 Å². The van der Waals surface area contributed by atoms with Crippen LogP contribution in [0, 0.1) is 0 Å². The number of carbonyl (C=O) groups excluding carboxylic acids is 1. The van der Waals surface area contributed by atoms with Crippen molar-refractivity contribution in [3.05, 3.63) is 29.3 Å². The van der Waals surface area contributed by atoms with E-state index in [-0.39, 0.29) is 31.0 Å². The quantitative estimate of drug-likeness (QED) is 0.191. The van der Waals surface area contributed by atoms with Gasteiger partial charge in [0.2, 0.25) is 0 Å². The summed E-state index contributed by atoms with van der Waals surface area (Å²) in [6.45, 7) is 0.718. The van der Waals surface area contributed by atoms with E-state index in [0.717, 1.165) is 13.0 Å². The first-order valence-electron chi connectivity index (χ1n) is 4.94. The summed E-state index contributed by atoms with van der Waals surface area (Å²) in [7, 11) is -4.75. The van der Waals surface area contributed by atoms with E-state index in [0.29, 0.717) is 12.1 Å². The number of aliphatic hydroxyl groups is 2. The Hall–Kier alpha value is -1.01. The summed E-state index contributed by atoms with van der Waals surface area (Å²) in [5.41, 5.74) is -1.20. The maximum Gasteiger partial charge on any atom is 1.00 e. The fourth-order valence-electron chi connectivity index (χ4n) is 1.22.